The van der Waals surface area contributed by atoms with Gasteiger partial charge in [-0.1, -0.05) is 5.16 Å². The van der Waals surface area contributed by atoms with Gasteiger partial charge in [0.15, 0.2) is 0 Å². The summed E-state index contributed by atoms with van der Waals surface area (Å²) in [6.07, 6.45) is 1.63. The maximum Gasteiger partial charge on any atom is 0.361 e. The first-order valence-electron chi connectivity index (χ1n) is 5.33. The third-order valence-corrected chi connectivity index (χ3v) is 2.56. The van der Waals surface area contributed by atoms with Gasteiger partial charge < -0.3 is 14.2 Å². The third-order valence-electron chi connectivity index (χ3n) is 2.56. The predicted octanol–water partition coefficient (Wildman–Crippen LogP) is 0.587. The van der Waals surface area contributed by atoms with E-state index >= 15 is 0 Å². The molecule has 0 unspecified atom stereocenters. The predicted molar refractivity (Wildman–Crippen MR) is 58.7 cm³/mol. The molecule has 7 heteroatoms. The Morgan fingerprint density at radius 1 is 1.65 bits per heavy atom. The lowest BCUT2D eigenvalue weighted by Gasteiger charge is -2.16. The molecule has 17 heavy (non-hydrogen) atoms. The Balaban J connectivity index is 2.07. The van der Waals surface area contributed by atoms with Gasteiger partial charge in [-0.25, -0.2) is 9.79 Å². The molecule has 88 valence electrons. The van der Waals surface area contributed by atoms with Gasteiger partial charge in [-0.3, -0.25) is 4.99 Å². The summed E-state index contributed by atoms with van der Waals surface area (Å²) in [6, 6.07) is 0. The summed E-state index contributed by atoms with van der Waals surface area (Å²) >= 11 is 0. The molecular weight excluding hydrogens is 224 g/mol. The van der Waals surface area contributed by atoms with Crippen molar-refractivity contribution in [2.75, 3.05) is 19.7 Å². The second kappa shape index (κ2) is 3.69. The van der Waals surface area contributed by atoms with E-state index in [1.807, 2.05) is 4.90 Å². The molecule has 2 aliphatic heterocycles. The number of esters is 1. The quantitative estimate of drug-likeness (QED) is 0.699. The molecule has 7 nitrogen and oxygen atoms in total. The lowest BCUT2D eigenvalue weighted by atomic mass is 10.2. The molecule has 0 amide bonds. The topological polar surface area (TPSA) is 80.3 Å². The van der Waals surface area contributed by atoms with E-state index in [4.69, 9.17) is 9.26 Å². The molecule has 0 N–H and O–H groups in total. The number of aliphatic imine (C=N–C) groups is 2. The van der Waals surface area contributed by atoms with E-state index < -0.39 is 5.97 Å². The van der Waals surface area contributed by atoms with Crippen molar-refractivity contribution in [3.05, 3.63) is 11.3 Å². The molecule has 0 aromatic carbocycles. The number of carbonyl (C=O) groups excluding carboxylic acids is 1. The van der Waals surface area contributed by atoms with Crippen LogP contribution in [0.4, 0.5) is 5.88 Å². The SMILES string of the molecule is CCOC(=O)c1noc2c1C1=NCCN1C=N2. The average Bonchev–Trinajstić information content (AvgIpc) is 2.94. The summed E-state index contributed by atoms with van der Waals surface area (Å²) in [6.45, 7) is 3.46. The molecule has 0 saturated heterocycles. The molecule has 0 aliphatic carbocycles. The molecule has 3 heterocycles. The van der Waals surface area contributed by atoms with E-state index in [-0.39, 0.29) is 5.69 Å². The van der Waals surface area contributed by atoms with Crippen LogP contribution in [0.2, 0.25) is 0 Å². The van der Waals surface area contributed by atoms with Gasteiger partial charge in [0.05, 0.1) is 13.2 Å². The molecular formula is C10H10N4O3. The molecule has 2 aliphatic rings. The van der Waals surface area contributed by atoms with Crippen molar-refractivity contribution in [3.63, 3.8) is 0 Å². The van der Waals surface area contributed by atoms with E-state index in [0.717, 1.165) is 6.54 Å². The highest BCUT2D eigenvalue weighted by molar-refractivity contribution is 6.15. The average molecular weight is 234 g/mol. The van der Waals surface area contributed by atoms with Crippen LogP contribution in [0.3, 0.4) is 0 Å². The van der Waals surface area contributed by atoms with Crippen LogP contribution in [0.15, 0.2) is 14.5 Å². The Bertz CT molecular complexity index is 532. The number of ether oxygens (including phenoxy) is 1. The fraction of sp³-hybridized carbons (Fsp3) is 0.400. The van der Waals surface area contributed by atoms with Crippen LogP contribution in [0.5, 0.6) is 0 Å². The molecule has 0 saturated carbocycles. The number of hydrogen-bond acceptors (Lipinski definition) is 7. The molecule has 0 radical (unpaired) electrons. The zero-order chi connectivity index (χ0) is 11.8. The standard InChI is InChI=1S/C10H10N4O3/c1-2-16-10(15)7-6-8-11-3-4-14(8)5-12-9(6)17-13-7/h5H,2-4H2,1H3. The Morgan fingerprint density at radius 3 is 3.35 bits per heavy atom. The Hall–Kier alpha value is -2.18. The second-order valence-electron chi connectivity index (χ2n) is 3.58. The first-order chi connectivity index (χ1) is 8.31. The lowest BCUT2D eigenvalue weighted by molar-refractivity contribution is 0.0514. The third kappa shape index (κ3) is 1.42. The summed E-state index contributed by atoms with van der Waals surface area (Å²) in [5.74, 6) is 0.480. The van der Waals surface area contributed by atoms with Gasteiger partial charge in [0.1, 0.15) is 17.7 Å². The van der Waals surface area contributed by atoms with Gasteiger partial charge in [0, 0.05) is 6.54 Å². The molecule has 1 aromatic heterocycles. The minimum Gasteiger partial charge on any atom is -0.461 e. The van der Waals surface area contributed by atoms with Crippen LogP contribution in [-0.2, 0) is 4.74 Å². The first-order valence-corrected chi connectivity index (χ1v) is 5.33. The Labute approximate surface area is 96.8 Å². The Kier molecular flexibility index (Phi) is 2.17. The minimum atomic E-state index is -0.510. The minimum absolute atomic E-state index is 0.143. The number of hydrogen-bond donors (Lipinski definition) is 0. The van der Waals surface area contributed by atoms with Crippen molar-refractivity contribution in [3.8, 4) is 0 Å². The van der Waals surface area contributed by atoms with Crippen LogP contribution < -0.4 is 0 Å². The molecule has 0 atom stereocenters. The van der Waals surface area contributed by atoms with Crippen molar-refractivity contribution >= 4 is 24.0 Å². The number of rotatable bonds is 2. The first kappa shape index (κ1) is 10.0. The van der Waals surface area contributed by atoms with E-state index in [2.05, 4.69) is 15.1 Å². The number of amidine groups is 1. The largest absolute Gasteiger partial charge is 0.461 e. The summed E-state index contributed by atoms with van der Waals surface area (Å²) in [4.78, 5) is 22.0. The van der Waals surface area contributed by atoms with Gasteiger partial charge >= 0.3 is 5.97 Å². The van der Waals surface area contributed by atoms with Crippen LogP contribution in [0.25, 0.3) is 0 Å². The molecule has 3 rings (SSSR count). The van der Waals surface area contributed by atoms with E-state index in [9.17, 15) is 4.79 Å². The normalized spacial score (nSPS) is 16.5. The fourth-order valence-electron chi connectivity index (χ4n) is 1.83. The van der Waals surface area contributed by atoms with Crippen molar-refractivity contribution in [1.82, 2.24) is 10.1 Å². The fourth-order valence-corrected chi connectivity index (χ4v) is 1.83. The van der Waals surface area contributed by atoms with E-state index in [1.54, 1.807) is 13.3 Å². The van der Waals surface area contributed by atoms with Gasteiger partial charge in [0.25, 0.3) is 5.88 Å². The molecule has 0 bridgehead atoms. The van der Waals surface area contributed by atoms with Crippen molar-refractivity contribution in [1.29, 1.82) is 0 Å². The monoisotopic (exact) mass is 234 g/mol. The highest BCUT2D eigenvalue weighted by Gasteiger charge is 2.33. The maximum atomic E-state index is 11.7. The van der Waals surface area contributed by atoms with Gasteiger partial charge in [-0.15, -0.1) is 0 Å². The van der Waals surface area contributed by atoms with Crippen LogP contribution >= 0.6 is 0 Å². The number of aromatic nitrogens is 1. The zero-order valence-corrected chi connectivity index (χ0v) is 9.21. The van der Waals surface area contributed by atoms with Crippen LogP contribution in [-0.4, -0.2) is 47.9 Å². The van der Waals surface area contributed by atoms with Crippen LogP contribution in [0.1, 0.15) is 23.0 Å². The second-order valence-corrected chi connectivity index (χ2v) is 3.58. The summed E-state index contributed by atoms with van der Waals surface area (Å²) in [7, 11) is 0. The van der Waals surface area contributed by atoms with E-state index in [1.165, 1.54) is 0 Å². The van der Waals surface area contributed by atoms with Crippen LogP contribution in [0, 0.1) is 0 Å². The van der Waals surface area contributed by atoms with Gasteiger partial charge in [-0.2, -0.15) is 0 Å². The number of fused-ring (bicyclic) bond motifs is 3. The van der Waals surface area contributed by atoms with Gasteiger partial charge in [-0.05, 0) is 6.92 Å². The summed E-state index contributed by atoms with van der Waals surface area (Å²) < 4.78 is 9.92. The van der Waals surface area contributed by atoms with Crippen molar-refractivity contribution in [2.24, 2.45) is 9.98 Å². The number of nitrogens with zero attached hydrogens (tertiary/aromatic N) is 4. The summed E-state index contributed by atoms with van der Waals surface area (Å²) in [5.41, 5.74) is 0.674. The molecule has 1 aromatic rings. The lowest BCUT2D eigenvalue weighted by Crippen LogP contribution is -2.30. The highest BCUT2D eigenvalue weighted by atomic mass is 16.5. The van der Waals surface area contributed by atoms with E-state index in [0.29, 0.717) is 30.4 Å². The zero-order valence-electron chi connectivity index (χ0n) is 9.21. The highest BCUT2D eigenvalue weighted by Crippen LogP contribution is 2.29. The number of carbonyl (C=O) groups is 1. The smallest absolute Gasteiger partial charge is 0.361 e. The Morgan fingerprint density at radius 2 is 2.53 bits per heavy atom. The summed E-state index contributed by atoms with van der Waals surface area (Å²) in [5, 5.41) is 3.71. The molecule has 0 fully saturated rings. The maximum absolute atomic E-state index is 11.7. The van der Waals surface area contributed by atoms with Crippen molar-refractivity contribution < 1.29 is 14.1 Å². The molecule has 0 spiro atoms. The van der Waals surface area contributed by atoms with Gasteiger partial charge in [0.2, 0.25) is 5.69 Å². The van der Waals surface area contributed by atoms with Crippen molar-refractivity contribution in [2.45, 2.75) is 6.92 Å².